The summed E-state index contributed by atoms with van der Waals surface area (Å²) < 4.78 is 68.6. The van der Waals surface area contributed by atoms with E-state index in [-0.39, 0.29) is 4.90 Å². The molecule has 0 bridgehead atoms. The minimum absolute atomic E-state index is 0.0605. The molecule has 1 atom stereocenters. The standard InChI is InChI=1S/C26H21F3N2O2S/c1-18-9-15-21(16-10-18)34(32,33)31-25(19-11-13-20(14-12-19)26(27,28)29)23-7-3-2-6-22(23)24-8-4-5-17-30-24/h2-17,25,31H,1H3. The molecule has 3 aromatic carbocycles. The molecule has 1 heterocycles. The topological polar surface area (TPSA) is 59.1 Å². The van der Waals surface area contributed by atoms with E-state index in [0.717, 1.165) is 17.7 Å². The first-order chi connectivity index (χ1) is 16.1. The van der Waals surface area contributed by atoms with Gasteiger partial charge < -0.3 is 0 Å². The summed E-state index contributed by atoms with van der Waals surface area (Å²) in [5.41, 5.74) is 2.31. The van der Waals surface area contributed by atoms with Gasteiger partial charge in [0.25, 0.3) is 0 Å². The van der Waals surface area contributed by atoms with Gasteiger partial charge in [0, 0.05) is 11.8 Å². The third-order valence-electron chi connectivity index (χ3n) is 5.39. The summed E-state index contributed by atoms with van der Waals surface area (Å²) >= 11 is 0. The Balaban J connectivity index is 1.84. The summed E-state index contributed by atoms with van der Waals surface area (Å²) in [4.78, 5) is 4.43. The Kier molecular flexibility index (Phi) is 6.54. The van der Waals surface area contributed by atoms with Gasteiger partial charge in [0.2, 0.25) is 10.0 Å². The molecule has 1 aromatic heterocycles. The van der Waals surface area contributed by atoms with Gasteiger partial charge in [-0.2, -0.15) is 17.9 Å². The Hall–Kier alpha value is -3.49. The number of nitrogens with zero attached hydrogens (tertiary/aromatic N) is 1. The van der Waals surface area contributed by atoms with Crippen molar-refractivity contribution in [3.05, 3.63) is 119 Å². The smallest absolute Gasteiger partial charge is 0.256 e. The normalized spacial score (nSPS) is 12.9. The predicted molar refractivity (Wildman–Crippen MR) is 124 cm³/mol. The van der Waals surface area contributed by atoms with Crippen molar-refractivity contribution in [2.24, 2.45) is 0 Å². The van der Waals surface area contributed by atoms with Gasteiger partial charge in [0.15, 0.2) is 0 Å². The number of hydrogen-bond donors (Lipinski definition) is 1. The van der Waals surface area contributed by atoms with Gasteiger partial charge in [-0.15, -0.1) is 0 Å². The Morgan fingerprint density at radius 1 is 0.824 bits per heavy atom. The molecule has 174 valence electrons. The average molecular weight is 483 g/mol. The minimum Gasteiger partial charge on any atom is -0.256 e. The van der Waals surface area contributed by atoms with E-state index < -0.39 is 27.8 Å². The molecular weight excluding hydrogens is 461 g/mol. The number of aromatic nitrogens is 1. The minimum atomic E-state index is -4.50. The first-order valence-corrected chi connectivity index (χ1v) is 11.9. The summed E-state index contributed by atoms with van der Waals surface area (Å²) in [5, 5.41) is 0. The monoisotopic (exact) mass is 482 g/mol. The molecule has 0 aliphatic heterocycles. The van der Waals surface area contributed by atoms with E-state index in [1.54, 1.807) is 54.7 Å². The second-order valence-corrected chi connectivity index (χ2v) is 9.50. The van der Waals surface area contributed by atoms with Crippen LogP contribution in [0.25, 0.3) is 11.3 Å². The molecule has 0 aliphatic carbocycles. The van der Waals surface area contributed by atoms with Crippen molar-refractivity contribution in [2.45, 2.75) is 24.0 Å². The van der Waals surface area contributed by atoms with Crippen LogP contribution in [0.3, 0.4) is 0 Å². The van der Waals surface area contributed by atoms with Gasteiger partial charge in [0.05, 0.1) is 22.2 Å². The average Bonchev–Trinajstić information content (AvgIpc) is 2.83. The number of benzene rings is 3. The Morgan fingerprint density at radius 3 is 2.09 bits per heavy atom. The third kappa shape index (κ3) is 5.18. The second kappa shape index (κ2) is 9.40. The molecule has 4 rings (SSSR count). The van der Waals surface area contributed by atoms with Crippen molar-refractivity contribution in [3.8, 4) is 11.3 Å². The van der Waals surface area contributed by atoms with E-state index >= 15 is 0 Å². The lowest BCUT2D eigenvalue weighted by molar-refractivity contribution is -0.137. The van der Waals surface area contributed by atoms with E-state index in [1.807, 2.05) is 13.0 Å². The maximum Gasteiger partial charge on any atom is 0.416 e. The number of alkyl halides is 3. The van der Waals surface area contributed by atoms with Crippen LogP contribution in [0.5, 0.6) is 0 Å². The maximum absolute atomic E-state index is 13.3. The first kappa shape index (κ1) is 23.7. The number of aryl methyl sites for hydroxylation is 1. The highest BCUT2D eigenvalue weighted by Crippen LogP contribution is 2.34. The molecule has 0 fully saturated rings. The van der Waals surface area contributed by atoms with Crippen LogP contribution in [-0.4, -0.2) is 13.4 Å². The van der Waals surface area contributed by atoms with Crippen LogP contribution < -0.4 is 4.72 Å². The summed E-state index contributed by atoms with van der Waals surface area (Å²) in [6.45, 7) is 1.85. The van der Waals surface area contributed by atoms with E-state index in [9.17, 15) is 21.6 Å². The van der Waals surface area contributed by atoms with E-state index in [4.69, 9.17) is 0 Å². The molecule has 8 heteroatoms. The third-order valence-corrected chi connectivity index (χ3v) is 6.83. The zero-order chi connectivity index (χ0) is 24.3. The zero-order valence-corrected chi connectivity index (χ0v) is 18.9. The largest absolute Gasteiger partial charge is 0.416 e. The number of sulfonamides is 1. The van der Waals surface area contributed by atoms with Gasteiger partial charge in [-0.3, -0.25) is 4.98 Å². The number of rotatable bonds is 6. The molecule has 1 N–H and O–H groups in total. The Labute approximate surface area is 196 Å². The van der Waals surface area contributed by atoms with Crippen LogP contribution in [0.1, 0.15) is 28.3 Å². The van der Waals surface area contributed by atoms with Crippen molar-refractivity contribution in [1.82, 2.24) is 9.71 Å². The molecule has 0 radical (unpaired) electrons. The molecule has 0 spiro atoms. The molecule has 0 saturated heterocycles. The van der Waals surface area contributed by atoms with Crippen molar-refractivity contribution < 1.29 is 21.6 Å². The highest BCUT2D eigenvalue weighted by Gasteiger charge is 2.31. The van der Waals surface area contributed by atoms with E-state index in [1.165, 1.54) is 24.3 Å². The van der Waals surface area contributed by atoms with Crippen molar-refractivity contribution in [3.63, 3.8) is 0 Å². The number of pyridine rings is 1. The highest BCUT2D eigenvalue weighted by atomic mass is 32.2. The predicted octanol–water partition coefficient (Wildman–Crippen LogP) is 6.14. The fourth-order valence-electron chi connectivity index (χ4n) is 3.62. The van der Waals surface area contributed by atoms with Gasteiger partial charge in [-0.1, -0.05) is 60.2 Å². The summed E-state index contributed by atoms with van der Waals surface area (Å²) in [5.74, 6) is 0. The van der Waals surface area contributed by atoms with Crippen molar-refractivity contribution >= 4 is 10.0 Å². The Bertz CT molecular complexity index is 1370. The van der Waals surface area contributed by atoms with Crippen molar-refractivity contribution in [2.75, 3.05) is 0 Å². The molecule has 34 heavy (non-hydrogen) atoms. The molecule has 0 amide bonds. The van der Waals surface area contributed by atoms with Gasteiger partial charge in [0.1, 0.15) is 0 Å². The molecule has 4 nitrogen and oxygen atoms in total. The van der Waals surface area contributed by atoms with Crippen molar-refractivity contribution in [1.29, 1.82) is 0 Å². The van der Waals surface area contributed by atoms with Gasteiger partial charge in [-0.05, 0) is 54.4 Å². The summed E-state index contributed by atoms with van der Waals surface area (Å²) in [7, 11) is -4.00. The highest BCUT2D eigenvalue weighted by molar-refractivity contribution is 7.89. The van der Waals surface area contributed by atoms with Gasteiger partial charge in [-0.25, -0.2) is 8.42 Å². The molecule has 0 saturated carbocycles. The quantitative estimate of drug-likeness (QED) is 0.359. The second-order valence-electron chi connectivity index (χ2n) is 7.79. The zero-order valence-electron chi connectivity index (χ0n) is 18.1. The van der Waals surface area contributed by atoms with Crippen LogP contribution in [0.4, 0.5) is 13.2 Å². The molecular formula is C26H21F3N2O2S. The van der Waals surface area contributed by atoms with Crippen LogP contribution in [-0.2, 0) is 16.2 Å². The first-order valence-electron chi connectivity index (χ1n) is 10.4. The van der Waals surface area contributed by atoms with Crippen LogP contribution in [0.15, 0.2) is 102 Å². The molecule has 0 aliphatic rings. The number of nitrogens with one attached hydrogen (secondary N) is 1. The Morgan fingerprint density at radius 2 is 1.47 bits per heavy atom. The fraction of sp³-hybridized carbons (Fsp3) is 0.115. The fourth-order valence-corrected chi connectivity index (χ4v) is 4.82. The number of halogens is 3. The summed E-state index contributed by atoms with van der Waals surface area (Å²) in [6.07, 6.45) is -2.88. The van der Waals surface area contributed by atoms with Crippen LogP contribution in [0, 0.1) is 6.92 Å². The number of hydrogen-bond acceptors (Lipinski definition) is 3. The lowest BCUT2D eigenvalue weighted by Crippen LogP contribution is -2.30. The van der Waals surface area contributed by atoms with E-state index in [2.05, 4.69) is 9.71 Å². The van der Waals surface area contributed by atoms with Gasteiger partial charge >= 0.3 is 6.18 Å². The lowest BCUT2D eigenvalue weighted by atomic mass is 9.93. The van der Waals surface area contributed by atoms with Crippen LogP contribution in [0.2, 0.25) is 0 Å². The van der Waals surface area contributed by atoms with E-state index in [0.29, 0.717) is 22.4 Å². The lowest BCUT2D eigenvalue weighted by Gasteiger charge is -2.23. The molecule has 1 unspecified atom stereocenters. The maximum atomic E-state index is 13.3. The van der Waals surface area contributed by atoms with Crippen LogP contribution >= 0.6 is 0 Å². The molecule has 4 aromatic rings. The SMILES string of the molecule is Cc1ccc(S(=O)(=O)NC(c2ccc(C(F)(F)F)cc2)c2ccccc2-c2ccccn2)cc1. The summed E-state index contributed by atoms with van der Waals surface area (Å²) in [6, 6.07) is 22.3.